The Morgan fingerprint density at radius 2 is 1.89 bits per heavy atom. The van der Waals surface area contributed by atoms with E-state index in [2.05, 4.69) is 20.2 Å². The van der Waals surface area contributed by atoms with E-state index in [0.717, 1.165) is 28.2 Å². The van der Waals surface area contributed by atoms with Crippen molar-refractivity contribution in [3.63, 3.8) is 0 Å². The van der Waals surface area contributed by atoms with E-state index in [0.29, 0.717) is 16.3 Å². The number of aryl methyl sites for hydroxylation is 1. The Balaban J connectivity index is 1.79. The molecule has 3 aromatic heterocycles. The van der Waals surface area contributed by atoms with E-state index in [1.165, 1.54) is 17.4 Å². The second-order valence-corrected chi connectivity index (χ2v) is 7.97. The van der Waals surface area contributed by atoms with Crippen LogP contribution in [0.5, 0.6) is 0 Å². The molecule has 0 aliphatic rings. The highest BCUT2D eigenvalue weighted by molar-refractivity contribution is 7.10. The molecule has 28 heavy (non-hydrogen) atoms. The lowest BCUT2D eigenvalue weighted by atomic mass is 10.0. The van der Waals surface area contributed by atoms with Crippen molar-refractivity contribution in [1.29, 1.82) is 0 Å². The monoisotopic (exact) mass is 394 g/mol. The third-order valence-corrected chi connectivity index (χ3v) is 5.52. The third-order valence-electron chi connectivity index (χ3n) is 4.36. The topological polar surface area (TPSA) is 74.7 Å². The van der Waals surface area contributed by atoms with E-state index >= 15 is 0 Å². The Morgan fingerprint density at radius 3 is 2.61 bits per heavy atom. The number of thiazole rings is 1. The average molecular weight is 394 g/mol. The van der Waals surface area contributed by atoms with Gasteiger partial charge in [0, 0.05) is 22.2 Å². The van der Waals surface area contributed by atoms with Crippen molar-refractivity contribution in [3.8, 4) is 33.8 Å². The van der Waals surface area contributed by atoms with Gasteiger partial charge in [0.15, 0.2) is 0 Å². The van der Waals surface area contributed by atoms with E-state index in [9.17, 15) is 9.50 Å². The molecule has 0 radical (unpaired) electrons. The summed E-state index contributed by atoms with van der Waals surface area (Å²) in [6.45, 7) is 5.25. The maximum Gasteiger partial charge on any atom is 0.132 e. The van der Waals surface area contributed by atoms with Crippen molar-refractivity contribution in [3.05, 3.63) is 64.5 Å². The number of nitrogens with one attached hydrogen (secondary N) is 1. The molecule has 2 N–H and O–H groups in total. The van der Waals surface area contributed by atoms with Crippen LogP contribution >= 0.6 is 11.3 Å². The summed E-state index contributed by atoms with van der Waals surface area (Å²) in [6.07, 6.45) is 1.71. The van der Waals surface area contributed by atoms with Gasteiger partial charge in [-0.25, -0.2) is 9.37 Å². The van der Waals surface area contributed by atoms with Crippen molar-refractivity contribution in [2.24, 2.45) is 0 Å². The van der Waals surface area contributed by atoms with Crippen LogP contribution < -0.4 is 0 Å². The normalized spacial score (nSPS) is 11.8. The zero-order valence-electron chi connectivity index (χ0n) is 15.7. The van der Waals surface area contributed by atoms with Gasteiger partial charge in [-0.05, 0) is 50.6 Å². The van der Waals surface area contributed by atoms with Crippen LogP contribution in [0.2, 0.25) is 0 Å². The lowest BCUT2D eigenvalue weighted by Gasteiger charge is -2.12. The number of H-pyrrole nitrogens is 1. The molecular weight excluding hydrogens is 375 g/mol. The SMILES string of the molecule is Cc1cccc(-c2[nH]ncc2-c2ccc(F)c(-c3csc(C(C)(C)O)n3)c2)n1. The molecule has 5 nitrogen and oxygen atoms in total. The minimum Gasteiger partial charge on any atom is -0.383 e. The fourth-order valence-electron chi connectivity index (χ4n) is 2.95. The molecule has 3 heterocycles. The predicted molar refractivity (Wildman–Crippen MR) is 108 cm³/mol. The van der Waals surface area contributed by atoms with E-state index in [1.54, 1.807) is 37.6 Å². The smallest absolute Gasteiger partial charge is 0.132 e. The van der Waals surface area contributed by atoms with Crippen molar-refractivity contribution in [2.75, 3.05) is 0 Å². The predicted octanol–water partition coefficient (Wildman–Crippen LogP) is 4.94. The van der Waals surface area contributed by atoms with Crippen LogP contribution in [0.3, 0.4) is 0 Å². The second kappa shape index (κ2) is 6.92. The molecule has 0 unspecified atom stereocenters. The standard InChI is InChI=1S/C21H19FN4OS/c1-12-5-4-6-17(24-12)19-15(10-23-26-19)13-7-8-16(22)14(9-13)18-11-28-20(25-18)21(2,3)27/h4-11,27H,1-3H3,(H,23,26). The number of benzene rings is 1. The molecule has 0 saturated carbocycles. The summed E-state index contributed by atoms with van der Waals surface area (Å²) in [5, 5.41) is 19.6. The minimum atomic E-state index is -1.06. The molecule has 1 aromatic carbocycles. The summed E-state index contributed by atoms with van der Waals surface area (Å²) in [6, 6.07) is 10.7. The first-order valence-electron chi connectivity index (χ1n) is 8.79. The first kappa shape index (κ1) is 18.5. The van der Waals surface area contributed by atoms with E-state index in [4.69, 9.17) is 0 Å². The molecule has 4 rings (SSSR count). The van der Waals surface area contributed by atoms with Gasteiger partial charge in [-0.2, -0.15) is 5.10 Å². The minimum absolute atomic E-state index is 0.366. The molecule has 0 spiro atoms. The molecule has 0 fully saturated rings. The molecule has 4 aromatic rings. The Labute approximate surface area is 165 Å². The summed E-state index contributed by atoms with van der Waals surface area (Å²) in [5.74, 6) is -0.366. The van der Waals surface area contributed by atoms with Gasteiger partial charge in [0.2, 0.25) is 0 Å². The fourth-order valence-corrected chi connectivity index (χ4v) is 3.79. The summed E-state index contributed by atoms with van der Waals surface area (Å²) >= 11 is 1.31. The number of hydrogen-bond donors (Lipinski definition) is 2. The average Bonchev–Trinajstić information content (AvgIpc) is 3.31. The van der Waals surface area contributed by atoms with E-state index in [1.807, 2.05) is 25.1 Å². The zero-order chi connectivity index (χ0) is 19.9. The Hall–Kier alpha value is -2.90. The Bertz CT molecular complexity index is 1140. The highest BCUT2D eigenvalue weighted by Crippen LogP contribution is 2.35. The van der Waals surface area contributed by atoms with Crippen LogP contribution in [0.4, 0.5) is 4.39 Å². The van der Waals surface area contributed by atoms with Crippen LogP contribution in [0.15, 0.2) is 48.0 Å². The number of rotatable bonds is 4. The van der Waals surface area contributed by atoms with Crippen LogP contribution in [-0.2, 0) is 5.60 Å². The Kier molecular flexibility index (Phi) is 4.56. The van der Waals surface area contributed by atoms with Gasteiger partial charge >= 0.3 is 0 Å². The number of halogens is 1. The van der Waals surface area contributed by atoms with Crippen molar-refractivity contribution in [1.82, 2.24) is 20.2 Å². The fraction of sp³-hybridized carbons (Fsp3) is 0.190. The number of pyridine rings is 1. The largest absolute Gasteiger partial charge is 0.383 e. The molecule has 0 saturated heterocycles. The lowest BCUT2D eigenvalue weighted by Crippen LogP contribution is -2.14. The Morgan fingerprint density at radius 1 is 1.07 bits per heavy atom. The van der Waals surface area contributed by atoms with Gasteiger partial charge in [0.25, 0.3) is 0 Å². The van der Waals surface area contributed by atoms with Gasteiger partial charge in [0.05, 0.1) is 23.3 Å². The van der Waals surface area contributed by atoms with Crippen molar-refractivity contribution < 1.29 is 9.50 Å². The molecular formula is C21H19FN4OS. The summed E-state index contributed by atoms with van der Waals surface area (Å²) in [5.41, 5.74) is 3.91. The van der Waals surface area contributed by atoms with Crippen LogP contribution in [0.25, 0.3) is 33.8 Å². The zero-order valence-corrected chi connectivity index (χ0v) is 16.5. The third kappa shape index (κ3) is 3.46. The molecule has 0 atom stereocenters. The quantitative estimate of drug-likeness (QED) is 0.514. The van der Waals surface area contributed by atoms with Gasteiger partial charge < -0.3 is 5.11 Å². The molecule has 0 amide bonds. The first-order valence-corrected chi connectivity index (χ1v) is 9.67. The van der Waals surface area contributed by atoms with E-state index in [-0.39, 0.29) is 5.82 Å². The summed E-state index contributed by atoms with van der Waals surface area (Å²) < 4.78 is 14.5. The number of aromatic nitrogens is 4. The molecule has 0 bridgehead atoms. The number of hydrogen-bond acceptors (Lipinski definition) is 5. The van der Waals surface area contributed by atoms with Crippen molar-refractivity contribution >= 4 is 11.3 Å². The first-order chi connectivity index (χ1) is 13.3. The molecule has 0 aliphatic carbocycles. The van der Waals surface area contributed by atoms with Crippen molar-refractivity contribution in [2.45, 2.75) is 26.4 Å². The van der Waals surface area contributed by atoms with Crippen LogP contribution in [0, 0.1) is 12.7 Å². The highest BCUT2D eigenvalue weighted by Gasteiger charge is 2.22. The van der Waals surface area contributed by atoms with E-state index < -0.39 is 5.60 Å². The number of aliphatic hydroxyl groups is 1. The van der Waals surface area contributed by atoms with Crippen LogP contribution in [0.1, 0.15) is 24.5 Å². The van der Waals surface area contributed by atoms with Gasteiger partial charge in [-0.1, -0.05) is 12.1 Å². The van der Waals surface area contributed by atoms with Gasteiger partial charge in [0.1, 0.15) is 16.4 Å². The number of nitrogens with zero attached hydrogens (tertiary/aromatic N) is 3. The summed E-state index contributed by atoms with van der Waals surface area (Å²) in [4.78, 5) is 8.97. The van der Waals surface area contributed by atoms with Gasteiger partial charge in [-0.3, -0.25) is 10.1 Å². The number of aromatic amines is 1. The molecule has 7 heteroatoms. The second-order valence-electron chi connectivity index (χ2n) is 7.11. The lowest BCUT2D eigenvalue weighted by molar-refractivity contribution is 0.0783. The maximum atomic E-state index is 14.5. The highest BCUT2D eigenvalue weighted by atomic mass is 32.1. The van der Waals surface area contributed by atoms with Gasteiger partial charge in [-0.15, -0.1) is 11.3 Å². The molecule has 142 valence electrons. The molecule has 0 aliphatic heterocycles. The summed E-state index contributed by atoms with van der Waals surface area (Å²) in [7, 11) is 0. The van der Waals surface area contributed by atoms with Crippen LogP contribution in [-0.4, -0.2) is 25.3 Å². The maximum absolute atomic E-state index is 14.5.